The van der Waals surface area contributed by atoms with Crippen LogP contribution in [0.5, 0.6) is 0 Å². The molecule has 1 aliphatic rings. The van der Waals surface area contributed by atoms with Crippen LogP contribution in [0.3, 0.4) is 0 Å². The number of methoxy groups -OCH3 is 1. The lowest BCUT2D eigenvalue weighted by Gasteiger charge is -2.12. The van der Waals surface area contributed by atoms with Crippen LogP contribution in [0, 0.1) is 0 Å². The first kappa shape index (κ1) is 17.0. The maximum Gasteiger partial charge on any atom is 0.339 e. The molecule has 2 aromatic rings. The van der Waals surface area contributed by atoms with Gasteiger partial charge >= 0.3 is 5.97 Å². The van der Waals surface area contributed by atoms with Gasteiger partial charge in [0, 0.05) is 6.04 Å². The standard InChI is InChI=1S/C19H21N3O3/c1-25-19(24)15-8-4-5-9-16(15)21-14-10-11-17(20-12-14)18(23)22-13-6-2-3-7-13/h4-5,8-13,21H,2-3,6-7H2,1H3,(H,22,23). The lowest BCUT2D eigenvalue weighted by atomic mass is 10.1. The first-order valence-corrected chi connectivity index (χ1v) is 8.38. The van der Waals surface area contributed by atoms with E-state index in [9.17, 15) is 9.59 Å². The van der Waals surface area contributed by atoms with E-state index in [2.05, 4.69) is 15.6 Å². The van der Waals surface area contributed by atoms with Gasteiger partial charge in [-0.1, -0.05) is 25.0 Å². The number of pyridine rings is 1. The minimum Gasteiger partial charge on any atom is -0.465 e. The van der Waals surface area contributed by atoms with Gasteiger partial charge in [-0.25, -0.2) is 9.78 Å². The number of aromatic nitrogens is 1. The quantitative estimate of drug-likeness (QED) is 0.817. The Hall–Kier alpha value is -2.89. The first-order chi connectivity index (χ1) is 12.2. The van der Waals surface area contributed by atoms with Crippen LogP contribution >= 0.6 is 0 Å². The topological polar surface area (TPSA) is 80.3 Å². The molecule has 0 bridgehead atoms. The fourth-order valence-electron chi connectivity index (χ4n) is 2.97. The van der Waals surface area contributed by atoms with E-state index >= 15 is 0 Å². The smallest absolute Gasteiger partial charge is 0.339 e. The number of rotatable bonds is 5. The Kier molecular flexibility index (Phi) is 5.28. The molecule has 1 fully saturated rings. The molecule has 1 saturated carbocycles. The van der Waals surface area contributed by atoms with Crippen molar-refractivity contribution in [3.63, 3.8) is 0 Å². The van der Waals surface area contributed by atoms with Gasteiger partial charge in [0.15, 0.2) is 0 Å². The molecule has 0 aliphatic heterocycles. The number of para-hydroxylation sites is 1. The maximum absolute atomic E-state index is 12.2. The minimum absolute atomic E-state index is 0.145. The van der Waals surface area contributed by atoms with Crippen molar-refractivity contribution in [2.24, 2.45) is 0 Å². The zero-order valence-electron chi connectivity index (χ0n) is 14.1. The first-order valence-electron chi connectivity index (χ1n) is 8.38. The Labute approximate surface area is 146 Å². The van der Waals surface area contributed by atoms with Crippen molar-refractivity contribution in [2.75, 3.05) is 12.4 Å². The van der Waals surface area contributed by atoms with Crippen LogP contribution in [-0.2, 0) is 4.74 Å². The van der Waals surface area contributed by atoms with E-state index < -0.39 is 5.97 Å². The number of hydrogen-bond donors (Lipinski definition) is 2. The third-order valence-corrected chi connectivity index (χ3v) is 4.30. The second kappa shape index (κ2) is 7.79. The van der Waals surface area contributed by atoms with Crippen LogP contribution in [0.1, 0.15) is 46.5 Å². The molecule has 6 heteroatoms. The van der Waals surface area contributed by atoms with Gasteiger partial charge < -0.3 is 15.4 Å². The molecule has 2 N–H and O–H groups in total. The molecule has 3 rings (SSSR count). The lowest BCUT2D eigenvalue weighted by molar-refractivity contribution is 0.0601. The number of nitrogens with one attached hydrogen (secondary N) is 2. The highest BCUT2D eigenvalue weighted by molar-refractivity contribution is 5.96. The highest BCUT2D eigenvalue weighted by Crippen LogP contribution is 2.21. The molecule has 130 valence electrons. The summed E-state index contributed by atoms with van der Waals surface area (Å²) in [6.45, 7) is 0. The molecule has 6 nitrogen and oxygen atoms in total. The average Bonchev–Trinajstić information content (AvgIpc) is 3.15. The number of nitrogens with zero attached hydrogens (tertiary/aromatic N) is 1. The monoisotopic (exact) mass is 339 g/mol. The van der Waals surface area contributed by atoms with Gasteiger partial charge in [-0.2, -0.15) is 0 Å². The van der Waals surface area contributed by atoms with E-state index in [4.69, 9.17) is 4.74 Å². The summed E-state index contributed by atoms with van der Waals surface area (Å²) in [5.74, 6) is -0.558. The predicted molar refractivity (Wildman–Crippen MR) is 95.0 cm³/mol. The number of hydrogen-bond acceptors (Lipinski definition) is 5. The van der Waals surface area contributed by atoms with E-state index in [1.807, 2.05) is 6.07 Å². The van der Waals surface area contributed by atoms with Crippen molar-refractivity contribution in [2.45, 2.75) is 31.7 Å². The molecule has 1 aliphatic carbocycles. The number of carbonyl (C=O) groups excluding carboxylic acids is 2. The van der Waals surface area contributed by atoms with Crippen LogP contribution in [-0.4, -0.2) is 30.0 Å². The van der Waals surface area contributed by atoms with E-state index in [1.54, 1.807) is 36.5 Å². The highest BCUT2D eigenvalue weighted by Gasteiger charge is 2.18. The number of benzene rings is 1. The fraction of sp³-hybridized carbons (Fsp3) is 0.316. The third kappa shape index (κ3) is 4.15. The fourth-order valence-corrected chi connectivity index (χ4v) is 2.97. The van der Waals surface area contributed by atoms with Gasteiger partial charge in [0.25, 0.3) is 5.91 Å². The highest BCUT2D eigenvalue weighted by atomic mass is 16.5. The summed E-state index contributed by atoms with van der Waals surface area (Å²) >= 11 is 0. The summed E-state index contributed by atoms with van der Waals surface area (Å²) < 4.78 is 4.78. The average molecular weight is 339 g/mol. The van der Waals surface area contributed by atoms with E-state index in [-0.39, 0.29) is 11.9 Å². The molecule has 0 spiro atoms. The lowest BCUT2D eigenvalue weighted by Crippen LogP contribution is -2.33. The van der Waals surface area contributed by atoms with Crippen molar-refractivity contribution < 1.29 is 14.3 Å². The van der Waals surface area contributed by atoms with Crippen molar-refractivity contribution >= 4 is 23.3 Å². The zero-order chi connectivity index (χ0) is 17.6. The van der Waals surface area contributed by atoms with E-state index in [0.29, 0.717) is 22.6 Å². The number of ether oxygens (including phenoxy) is 1. The van der Waals surface area contributed by atoms with Crippen LogP contribution in [0.2, 0.25) is 0 Å². The Morgan fingerprint density at radius 3 is 2.56 bits per heavy atom. The van der Waals surface area contributed by atoms with Gasteiger partial charge in [-0.3, -0.25) is 4.79 Å². The Morgan fingerprint density at radius 1 is 1.12 bits per heavy atom. The molecule has 0 unspecified atom stereocenters. The molecule has 0 atom stereocenters. The van der Waals surface area contributed by atoms with Gasteiger partial charge in [0.05, 0.1) is 30.2 Å². The minimum atomic E-state index is -0.413. The number of carbonyl (C=O) groups is 2. The second-order valence-electron chi connectivity index (χ2n) is 6.05. The van der Waals surface area contributed by atoms with Gasteiger partial charge in [0.1, 0.15) is 5.69 Å². The van der Waals surface area contributed by atoms with Crippen molar-refractivity contribution in [1.82, 2.24) is 10.3 Å². The second-order valence-corrected chi connectivity index (χ2v) is 6.05. The van der Waals surface area contributed by atoms with Gasteiger partial charge in [-0.15, -0.1) is 0 Å². The molecular weight excluding hydrogens is 318 g/mol. The van der Waals surface area contributed by atoms with Gasteiger partial charge in [-0.05, 0) is 37.1 Å². The summed E-state index contributed by atoms with van der Waals surface area (Å²) in [7, 11) is 1.35. The Morgan fingerprint density at radius 2 is 1.88 bits per heavy atom. The molecular formula is C19H21N3O3. The van der Waals surface area contributed by atoms with Gasteiger partial charge in [0.2, 0.25) is 0 Å². The molecule has 1 heterocycles. The predicted octanol–water partition coefficient (Wildman–Crippen LogP) is 3.28. The van der Waals surface area contributed by atoms with E-state index in [1.165, 1.54) is 20.0 Å². The molecule has 0 radical (unpaired) electrons. The van der Waals surface area contributed by atoms with Crippen molar-refractivity contribution in [3.8, 4) is 0 Å². The van der Waals surface area contributed by atoms with Crippen LogP contribution < -0.4 is 10.6 Å². The number of amides is 1. The summed E-state index contributed by atoms with van der Waals surface area (Å²) in [5, 5.41) is 6.14. The molecule has 1 amide bonds. The number of esters is 1. The molecule has 25 heavy (non-hydrogen) atoms. The van der Waals surface area contributed by atoms with Crippen LogP contribution in [0.4, 0.5) is 11.4 Å². The van der Waals surface area contributed by atoms with Crippen LogP contribution in [0.25, 0.3) is 0 Å². The SMILES string of the molecule is COC(=O)c1ccccc1Nc1ccc(C(=O)NC2CCCC2)nc1. The van der Waals surface area contributed by atoms with E-state index in [0.717, 1.165) is 12.8 Å². The van der Waals surface area contributed by atoms with Crippen molar-refractivity contribution in [3.05, 3.63) is 53.9 Å². The van der Waals surface area contributed by atoms with Crippen LogP contribution in [0.15, 0.2) is 42.6 Å². The Bertz CT molecular complexity index is 753. The maximum atomic E-state index is 12.2. The largest absolute Gasteiger partial charge is 0.465 e. The zero-order valence-corrected chi connectivity index (χ0v) is 14.1. The third-order valence-electron chi connectivity index (χ3n) is 4.30. The number of anilines is 2. The summed E-state index contributed by atoms with van der Waals surface area (Å²) in [4.78, 5) is 28.2. The summed E-state index contributed by atoms with van der Waals surface area (Å²) in [6.07, 6.45) is 5.99. The summed E-state index contributed by atoms with van der Waals surface area (Å²) in [6, 6.07) is 10.8. The molecule has 1 aromatic heterocycles. The summed E-state index contributed by atoms with van der Waals surface area (Å²) in [5.41, 5.74) is 2.14. The Balaban J connectivity index is 1.69. The molecule has 0 saturated heterocycles. The normalized spacial score (nSPS) is 14.1. The van der Waals surface area contributed by atoms with Crippen molar-refractivity contribution in [1.29, 1.82) is 0 Å². The molecule has 1 aromatic carbocycles.